The van der Waals surface area contributed by atoms with Crippen molar-refractivity contribution in [3.05, 3.63) is 197 Å². The van der Waals surface area contributed by atoms with Crippen molar-refractivity contribution in [1.82, 2.24) is 0 Å². The van der Waals surface area contributed by atoms with Crippen molar-refractivity contribution in [1.29, 1.82) is 0 Å². The van der Waals surface area contributed by atoms with E-state index in [0.29, 0.717) is 5.92 Å². The van der Waals surface area contributed by atoms with Crippen LogP contribution >= 0.6 is 8.51 Å². The Bertz CT molecular complexity index is 1640. The van der Waals surface area contributed by atoms with E-state index < -0.39 is 12.1 Å². The first-order chi connectivity index (χ1) is 20.3. The molecule has 9 rings (SSSR count). The first-order valence-electron chi connectivity index (χ1n) is 14.2. The first kappa shape index (κ1) is 25.4. The Morgan fingerprint density at radius 1 is 0.415 bits per heavy atom. The number of benzene rings is 6. The van der Waals surface area contributed by atoms with Gasteiger partial charge in [0.2, 0.25) is 0 Å². The van der Waals surface area contributed by atoms with E-state index in [1.54, 1.807) is 0 Å². The molecule has 0 saturated carbocycles. The Morgan fingerprint density at radius 2 is 0.732 bits per heavy atom. The summed E-state index contributed by atoms with van der Waals surface area (Å²) in [5.41, 5.74) is 9.01. The van der Waals surface area contributed by atoms with E-state index in [0.717, 1.165) is 0 Å². The minimum atomic E-state index is -3.21. The van der Waals surface area contributed by atoms with Crippen LogP contribution in [0.4, 0.5) is 0 Å². The molecule has 0 aromatic heterocycles. The van der Waals surface area contributed by atoms with Gasteiger partial charge in [-0.1, -0.05) is 0 Å². The molecule has 0 saturated heterocycles. The van der Waals surface area contributed by atoms with Crippen LogP contribution in [0.1, 0.15) is 39.3 Å². The molecule has 0 aliphatic heterocycles. The van der Waals surface area contributed by atoms with Crippen molar-refractivity contribution in [2.45, 2.75) is 10.2 Å². The van der Waals surface area contributed by atoms with Crippen LogP contribution in [-0.4, -0.2) is 26.0 Å². The number of hydrogen-bond acceptors (Lipinski definition) is 1. The molecule has 0 N–H and O–H groups in total. The molecule has 3 aliphatic rings. The van der Waals surface area contributed by atoms with Crippen LogP contribution in [0.25, 0.3) is 0 Å². The molecule has 196 valence electrons. The zero-order chi connectivity index (χ0) is 27.3. The van der Waals surface area contributed by atoms with Gasteiger partial charge in [-0.25, -0.2) is 0 Å². The topological polar surface area (TPSA) is 0 Å². The molecule has 0 unspecified atom stereocenters. The van der Waals surface area contributed by atoms with E-state index in [1.165, 1.54) is 46.6 Å². The number of hydrogen-bond donors (Lipinski definition) is 0. The van der Waals surface area contributed by atoms with Crippen molar-refractivity contribution in [2.24, 2.45) is 0 Å². The van der Waals surface area contributed by atoms with E-state index in [2.05, 4.69) is 172 Å². The summed E-state index contributed by atoms with van der Waals surface area (Å²) in [7, 11) is 2.32. The summed E-state index contributed by atoms with van der Waals surface area (Å²) in [4.78, 5) is 0. The SMILES string of the molecule is c1cc[c]([Ge]([S][Se]C23c4ccccc4C(c4ccccc42)c2ccccc23)([c]2ccccc2)[c]2ccccc2)cc1. The van der Waals surface area contributed by atoms with Crippen molar-refractivity contribution in [2.75, 3.05) is 0 Å². The number of rotatable bonds is 6. The van der Waals surface area contributed by atoms with Gasteiger partial charge in [-0.2, -0.15) is 0 Å². The van der Waals surface area contributed by atoms with Crippen LogP contribution in [0.15, 0.2) is 164 Å². The second kappa shape index (κ2) is 10.2. The van der Waals surface area contributed by atoms with Crippen LogP contribution in [0.2, 0.25) is 0 Å². The van der Waals surface area contributed by atoms with Gasteiger partial charge in [0.15, 0.2) is 0 Å². The van der Waals surface area contributed by atoms with Crippen LogP contribution < -0.4 is 13.2 Å². The molecule has 3 aliphatic carbocycles. The van der Waals surface area contributed by atoms with Gasteiger partial charge in [0.1, 0.15) is 0 Å². The van der Waals surface area contributed by atoms with Gasteiger partial charge in [0.05, 0.1) is 0 Å². The standard InChI is InChI=1S/C38H28GeSSe/c1-4-16-28(17-5-1)39(29-18-6-2-7-19-29,30-20-8-3-9-21-30)40-41-38-34-25-13-10-22-31(34)37(32-23-11-14-26-35(32)38)33-24-12-15-27-36(33)38/h1-27,37H. The molecule has 6 aromatic rings. The van der Waals surface area contributed by atoms with Crippen molar-refractivity contribution < 1.29 is 0 Å². The quantitative estimate of drug-likeness (QED) is 0.176. The molecular weight excluding hydrogens is 640 g/mol. The molecule has 0 amide bonds. The molecule has 0 heterocycles. The molecule has 0 spiro atoms. The van der Waals surface area contributed by atoms with Gasteiger partial charge < -0.3 is 0 Å². The van der Waals surface area contributed by atoms with E-state index >= 15 is 0 Å². The summed E-state index contributed by atoms with van der Waals surface area (Å²) in [5, 5.41) is 0. The van der Waals surface area contributed by atoms with Crippen molar-refractivity contribution in [3.8, 4) is 0 Å². The first-order valence-corrected chi connectivity index (χ1v) is 23.6. The van der Waals surface area contributed by atoms with Crippen molar-refractivity contribution >= 4 is 47.7 Å². The Morgan fingerprint density at radius 3 is 1.10 bits per heavy atom. The fourth-order valence-electron chi connectivity index (χ4n) is 7.07. The second-order valence-corrected chi connectivity index (χ2v) is 29.7. The summed E-state index contributed by atoms with van der Waals surface area (Å²) >= 11 is -3.06. The van der Waals surface area contributed by atoms with Crippen LogP contribution in [0.5, 0.6) is 0 Å². The van der Waals surface area contributed by atoms with Crippen molar-refractivity contribution in [3.63, 3.8) is 0 Å². The predicted octanol–water partition coefficient (Wildman–Crippen LogP) is 6.81. The molecule has 6 aromatic carbocycles. The molecule has 0 nitrogen and oxygen atoms in total. The fourth-order valence-corrected chi connectivity index (χ4v) is 40.1. The minimum absolute atomic E-state index is 0.148. The third-order valence-corrected chi connectivity index (χ3v) is 36.2. The summed E-state index contributed by atoms with van der Waals surface area (Å²) in [6, 6.07) is 62.2. The van der Waals surface area contributed by atoms with Gasteiger partial charge >= 0.3 is 255 Å². The van der Waals surface area contributed by atoms with E-state index in [4.69, 9.17) is 0 Å². The predicted molar refractivity (Wildman–Crippen MR) is 177 cm³/mol. The molecule has 41 heavy (non-hydrogen) atoms. The summed E-state index contributed by atoms with van der Waals surface area (Å²) in [6.07, 6.45) is 0. The van der Waals surface area contributed by atoms with Gasteiger partial charge in [-0.05, 0) is 0 Å². The fraction of sp³-hybridized carbons (Fsp3) is 0.0526. The Labute approximate surface area is 253 Å². The van der Waals surface area contributed by atoms with Crippen LogP contribution in [0.3, 0.4) is 0 Å². The third-order valence-electron chi connectivity index (χ3n) is 8.79. The molecule has 3 heteroatoms. The normalized spacial score (nSPS) is 18.3. The molecule has 2 bridgehead atoms. The molecule has 0 radical (unpaired) electrons. The van der Waals surface area contributed by atoms with E-state index in [1.807, 2.05) is 0 Å². The maximum atomic E-state index is 2.43. The van der Waals surface area contributed by atoms with Gasteiger partial charge in [0.25, 0.3) is 0 Å². The summed E-state index contributed by atoms with van der Waals surface area (Å²) < 4.78 is 4.37. The molecular formula is C38H28GeSSe. The van der Waals surface area contributed by atoms with Gasteiger partial charge in [-0.3, -0.25) is 0 Å². The second-order valence-electron chi connectivity index (χ2n) is 10.8. The molecule has 0 atom stereocenters. The van der Waals surface area contributed by atoms with Crippen LogP contribution in [-0.2, 0) is 4.31 Å². The zero-order valence-corrected chi connectivity index (χ0v) is 27.1. The van der Waals surface area contributed by atoms with E-state index in [9.17, 15) is 0 Å². The zero-order valence-electron chi connectivity index (χ0n) is 22.5. The average molecular weight is 668 g/mol. The third kappa shape index (κ3) is 3.75. The molecule has 0 fully saturated rings. The van der Waals surface area contributed by atoms with Crippen LogP contribution in [0, 0.1) is 0 Å². The Balaban J connectivity index is 1.41. The average Bonchev–Trinajstić information content (AvgIpc) is 3.07. The van der Waals surface area contributed by atoms with Gasteiger partial charge in [-0.15, -0.1) is 0 Å². The monoisotopic (exact) mass is 670 g/mol. The summed E-state index contributed by atoms with van der Waals surface area (Å²) in [6.45, 7) is 0. The Kier molecular flexibility index (Phi) is 6.34. The van der Waals surface area contributed by atoms with E-state index in [-0.39, 0.29) is 18.1 Å². The maximum absolute atomic E-state index is 3.21. The summed E-state index contributed by atoms with van der Waals surface area (Å²) in [5.74, 6) is 0.310. The van der Waals surface area contributed by atoms with Gasteiger partial charge in [0, 0.05) is 0 Å². The Hall–Kier alpha value is -3.27.